The van der Waals surface area contributed by atoms with Crippen molar-refractivity contribution in [2.45, 2.75) is 76.6 Å². The standard InChI is InChI=1S/C16H29F3N2/c1-2-14-12-21(10-6-9-16(17,18)19)15(11-20-14)13-7-4-3-5-8-13/h13-15,20H,2-12H2,1H3. The van der Waals surface area contributed by atoms with Crippen molar-refractivity contribution in [1.82, 2.24) is 10.2 Å². The first kappa shape index (κ1) is 17.1. The van der Waals surface area contributed by atoms with Crippen molar-refractivity contribution in [3.63, 3.8) is 0 Å². The van der Waals surface area contributed by atoms with Crippen molar-refractivity contribution in [3.05, 3.63) is 0 Å². The number of hydrogen-bond acceptors (Lipinski definition) is 2. The molecule has 1 aliphatic carbocycles. The summed E-state index contributed by atoms with van der Waals surface area (Å²) in [4.78, 5) is 2.35. The summed E-state index contributed by atoms with van der Waals surface area (Å²) in [6.07, 6.45) is 3.02. The molecule has 2 rings (SSSR count). The van der Waals surface area contributed by atoms with Gasteiger partial charge in [-0.3, -0.25) is 4.90 Å². The molecular weight excluding hydrogens is 277 g/mol. The second-order valence-electron chi connectivity index (χ2n) is 6.69. The van der Waals surface area contributed by atoms with Gasteiger partial charge in [0.15, 0.2) is 0 Å². The largest absolute Gasteiger partial charge is 0.389 e. The van der Waals surface area contributed by atoms with Crippen LogP contribution in [-0.2, 0) is 0 Å². The normalized spacial score (nSPS) is 29.7. The van der Waals surface area contributed by atoms with Crippen molar-refractivity contribution in [2.75, 3.05) is 19.6 Å². The van der Waals surface area contributed by atoms with Crippen molar-refractivity contribution in [2.24, 2.45) is 5.92 Å². The minimum atomic E-state index is -4.02. The molecule has 1 aliphatic heterocycles. The van der Waals surface area contributed by atoms with Crippen LogP contribution in [0.5, 0.6) is 0 Å². The summed E-state index contributed by atoms with van der Waals surface area (Å²) in [6.45, 7) is 4.61. The summed E-state index contributed by atoms with van der Waals surface area (Å²) in [5.41, 5.74) is 0. The molecule has 0 bridgehead atoms. The first-order valence-corrected chi connectivity index (χ1v) is 8.54. The van der Waals surface area contributed by atoms with Gasteiger partial charge in [0.25, 0.3) is 0 Å². The summed E-state index contributed by atoms with van der Waals surface area (Å²) in [6, 6.07) is 0.886. The van der Waals surface area contributed by atoms with Crippen LogP contribution in [0, 0.1) is 5.92 Å². The van der Waals surface area contributed by atoms with Crippen LogP contribution in [0.25, 0.3) is 0 Å². The molecule has 1 heterocycles. The van der Waals surface area contributed by atoms with Crippen molar-refractivity contribution >= 4 is 0 Å². The topological polar surface area (TPSA) is 15.3 Å². The van der Waals surface area contributed by atoms with Gasteiger partial charge in [-0.05, 0) is 38.1 Å². The maximum atomic E-state index is 12.4. The fourth-order valence-corrected chi connectivity index (χ4v) is 3.90. The van der Waals surface area contributed by atoms with Crippen molar-refractivity contribution < 1.29 is 13.2 Å². The van der Waals surface area contributed by atoms with E-state index in [1.165, 1.54) is 32.1 Å². The smallest absolute Gasteiger partial charge is 0.311 e. The third kappa shape index (κ3) is 5.44. The van der Waals surface area contributed by atoms with Gasteiger partial charge in [0.05, 0.1) is 0 Å². The second-order valence-corrected chi connectivity index (χ2v) is 6.69. The lowest BCUT2D eigenvalue weighted by molar-refractivity contribution is -0.136. The maximum absolute atomic E-state index is 12.4. The minimum Gasteiger partial charge on any atom is -0.311 e. The lowest BCUT2D eigenvalue weighted by Crippen LogP contribution is -2.59. The Morgan fingerprint density at radius 1 is 1.14 bits per heavy atom. The van der Waals surface area contributed by atoms with Crippen LogP contribution >= 0.6 is 0 Å². The first-order chi connectivity index (χ1) is 9.99. The second kappa shape index (κ2) is 7.82. The van der Waals surface area contributed by atoms with Gasteiger partial charge in [0, 0.05) is 31.6 Å². The van der Waals surface area contributed by atoms with Gasteiger partial charge in [-0.1, -0.05) is 26.2 Å². The Morgan fingerprint density at radius 2 is 1.86 bits per heavy atom. The molecule has 0 aromatic rings. The van der Waals surface area contributed by atoms with Gasteiger partial charge in [-0.25, -0.2) is 0 Å². The minimum absolute atomic E-state index is 0.239. The molecule has 124 valence electrons. The zero-order chi connectivity index (χ0) is 15.3. The fraction of sp³-hybridized carbons (Fsp3) is 1.00. The van der Waals surface area contributed by atoms with Gasteiger partial charge in [-0.15, -0.1) is 0 Å². The van der Waals surface area contributed by atoms with E-state index in [0.29, 0.717) is 24.5 Å². The van der Waals surface area contributed by atoms with E-state index in [9.17, 15) is 13.2 Å². The average Bonchev–Trinajstić information content (AvgIpc) is 2.46. The highest BCUT2D eigenvalue weighted by Gasteiger charge is 2.34. The van der Waals surface area contributed by atoms with Crippen molar-refractivity contribution in [3.8, 4) is 0 Å². The lowest BCUT2D eigenvalue weighted by Gasteiger charge is -2.45. The molecule has 2 fully saturated rings. The van der Waals surface area contributed by atoms with E-state index in [1.807, 2.05) is 0 Å². The molecule has 2 unspecified atom stereocenters. The monoisotopic (exact) mass is 306 g/mol. The summed E-state index contributed by atoms with van der Waals surface area (Å²) in [5.74, 6) is 0.676. The van der Waals surface area contributed by atoms with Crippen LogP contribution in [0.3, 0.4) is 0 Å². The molecule has 1 saturated heterocycles. The van der Waals surface area contributed by atoms with Gasteiger partial charge >= 0.3 is 6.18 Å². The summed E-state index contributed by atoms with van der Waals surface area (Å²) < 4.78 is 37.1. The Bertz CT molecular complexity index is 300. The molecular formula is C16H29F3N2. The third-order valence-corrected chi connectivity index (χ3v) is 5.13. The van der Waals surface area contributed by atoms with Gasteiger partial charge < -0.3 is 5.32 Å². The Balaban J connectivity index is 1.89. The summed E-state index contributed by atoms with van der Waals surface area (Å²) >= 11 is 0. The molecule has 0 amide bonds. The van der Waals surface area contributed by atoms with E-state index < -0.39 is 12.6 Å². The number of nitrogens with zero attached hydrogens (tertiary/aromatic N) is 1. The third-order valence-electron chi connectivity index (χ3n) is 5.13. The van der Waals surface area contributed by atoms with Crippen LogP contribution in [0.2, 0.25) is 0 Å². The summed E-state index contributed by atoms with van der Waals surface area (Å²) in [7, 11) is 0. The van der Waals surface area contributed by atoms with Crippen LogP contribution in [0.15, 0.2) is 0 Å². The molecule has 1 saturated carbocycles. The van der Waals surface area contributed by atoms with Crippen LogP contribution in [0.4, 0.5) is 13.2 Å². The molecule has 0 aromatic carbocycles. The van der Waals surface area contributed by atoms with Gasteiger partial charge in [0.1, 0.15) is 0 Å². The molecule has 21 heavy (non-hydrogen) atoms. The molecule has 2 aliphatic rings. The van der Waals surface area contributed by atoms with Crippen molar-refractivity contribution in [1.29, 1.82) is 0 Å². The predicted octanol–water partition coefficient (Wildman–Crippen LogP) is 3.96. The molecule has 0 radical (unpaired) electrons. The molecule has 1 N–H and O–H groups in total. The maximum Gasteiger partial charge on any atom is 0.389 e. The van der Waals surface area contributed by atoms with Crippen LogP contribution in [-0.4, -0.2) is 42.8 Å². The van der Waals surface area contributed by atoms with E-state index in [-0.39, 0.29) is 6.42 Å². The van der Waals surface area contributed by atoms with Crippen LogP contribution in [0.1, 0.15) is 58.3 Å². The molecule has 2 nitrogen and oxygen atoms in total. The highest BCUT2D eigenvalue weighted by atomic mass is 19.4. The molecule has 0 aromatic heterocycles. The fourth-order valence-electron chi connectivity index (χ4n) is 3.90. The zero-order valence-electron chi connectivity index (χ0n) is 13.1. The van der Waals surface area contributed by atoms with E-state index >= 15 is 0 Å². The number of nitrogens with one attached hydrogen (secondary N) is 1. The number of alkyl halides is 3. The first-order valence-electron chi connectivity index (χ1n) is 8.54. The SMILES string of the molecule is CCC1CN(CCCC(F)(F)F)C(C2CCCCC2)CN1. The Kier molecular flexibility index (Phi) is 6.35. The molecule has 2 atom stereocenters. The van der Waals surface area contributed by atoms with E-state index in [0.717, 1.165) is 19.5 Å². The number of halogens is 3. The number of rotatable bonds is 5. The molecule has 0 spiro atoms. The Labute approximate surface area is 126 Å². The van der Waals surface area contributed by atoms with E-state index in [1.54, 1.807) is 0 Å². The van der Waals surface area contributed by atoms with E-state index in [4.69, 9.17) is 0 Å². The van der Waals surface area contributed by atoms with Crippen LogP contribution < -0.4 is 5.32 Å². The summed E-state index contributed by atoms with van der Waals surface area (Å²) in [5, 5.41) is 3.59. The quantitative estimate of drug-likeness (QED) is 0.827. The zero-order valence-corrected chi connectivity index (χ0v) is 13.1. The molecule has 5 heteroatoms. The average molecular weight is 306 g/mol. The van der Waals surface area contributed by atoms with Gasteiger partial charge in [-0.2, -0.15) is 13.2 Å². The predicted molar refractivity (Wildman–Crippen MR) is 79.3 cm³/mol. The van der Waals surface area contributed by atoms with E-state index in [2.05, 4.69) is 17.1 Å². The highest BCUT2D eigenvalue weighted by molar-refractivity contribution is 4.90. The lowest BCUT2D eigenvalue weighted by atomic mass is 9.82. The Hall–Kier alpha value is -0.290. The van der Waals surface area contributed by atoms with Gasteiger partial charge in [0.2, 0.25) is 0 Å². The number of hydrogen-bond donors (Lipinski definition) is 1. The Morgan fingerprint density at radius 3 is 2.48 bits per heavy atom. The number of piperazine rings is 1. The highest BCUT2D eigenvalue weighted by Crippen LogP contribution is 2.31.